The van der Waals surface area contributed by atoms with E-state index in [1.165, 1.54) is 0 Å². The molecule has 2 atom stereocenters. The van der Waals surface area contributed by atoms with Crippen LogP contribution in [0.15, 0.2) is 151 Å². The predicted molar refractivity (Wildman–Crippen MR) is 286 cm³/mol. The third kappa shape index (κ3) is 7.28. The summed E-state index contributed by atoms with van der Waals surface area (Å²) in [5.74, 6) is -0.683. The third-order valence-electron chi connectivity index (χ3n) is 15.1. The molecule has 11 heteroatoms. The van der Waals surface area contributed by atoms with Crippen molar-refractivity contribution < 1.29 is 39.2 Å². The fourth-order valence-corrected chi connectivity index (χ4v) is 11.7. The number of carboxylic acids is 2. The van der Waals surface area contributed by atoms with Crippen LogP contribution in [0, 0.1) is 0 Å². The van der Waals surface area contributed by atoms with E-state index in [0.29, 0.717) is 72.1 Å². The highest BCUT2D eigenvalue weighted by Gasteiger charge is 2.48. The Morgan fingerprint density at radius 1 is 0.589 bits per heavy atom. The van der Waals surface area contributed by atoms with E-state index in [1.54, 1.807) is 0 Å². The van der Waals surface area contributed by atoms with Gasteiger partial charge < -0.3 is 40.7 Å². The van der Waals surface area contributed by atoms with E-state index in [2.05, 4.69) is 71.9 Å². The molecule has 0 bridgehead atoms. The van der Waals surface area contributed by atoms with Gasteiger partial charge in [-0.1, -0.05) is 116 Å². The number of anilines is 3. The molecule has 0 saturated heterocycles. The molecule has 0 fully saturated rings. The first-order chi connectivity index (χ1) is 35.4. The lowest BCUT2D eigenvalue weighted by molar-refractivity contribution is -0.138. The largest absolute Gasteiger partial charge is 0.506 e. The summed E-state index contributed by atoms with van der Waals surface area (Å²) in [6.07, 6.45) is 2.47. The number of carboxylic acid groups (broad SMARTS) is 2. The van der Waals surface area contributed by atoms with Crippen molar-refractivity contribution in [2.45, 2.75) is 56.7 Å². The number of unbranched alkanes of at least 4 members (excludes halogenated alkanes) is 2. The first-order valence-corrected chi connectivity index (χ1v) is 24.8. The first-order valence-electron chi connectivity index (χ1n) is 24.8. The number of rotatable bonds is 15. The molecule has 0 amide bonds. The summed E-state index contributed by atoms with van der Waals surface area (Å²) in [7, 11) is 0. The highest BCUT2D eigenvalue weighted by Crippen LogP contribution is 2.56. The minimum Gasteiger partial charge on any atom is -0.506 e. The second-order valence-corrected chi connectivity index (χ2v) is 19.5. The normalized spacial score (nSPS) is 18.3. The number of nitrogens with one attached hydrogen (secondary N) is 3. The van der Waals surface area contributed by atoms with Gasteiger partial charge in [0.25, 0.3) is 0 Å². The summed E-state index contributed by atoms with van der Waals surface area (Å²) < 4.78 is 12.4. The maximum Gasteiger partial charge on any atom is 0.303 e. The van der Waals surface area contributed by atoms with Gasteiger partial charge in [0.1, 0.15) is 17.3 Å². The molecular weight excluding hydrogens is 915 g/mol. The van der Waals surface area contributed by atoms with Crippen LogP contribution in [-0.2, 0) is 25.6 Å². The minimum atomic E-state index is -0.987. The van der Waals surface area contributed by atoms with Crippen molar-refractivity contribution in [3.05, 3.63) is 190 Å². The number of ketones is 1. The van der Waals surface area contributed by atoms with Crippen LogP contribution in [0.4, 0.5) is 17.1 Å². The molecule has 12 rings (SSSR count). The Labute approximate surface area is 420 Å². The van der Waals surface area contributed by atoms with E-state index in [-0.39, 0.29) is 35.5 Å². The molecule has 11 nitrogen and oxygen atoms in total. The number of ether oxygens (including phenoxy) is 2. The zero-order chi connectivity index (χ0) is 50.2. The molecular formula is C62H51N3O8. The summed E-state index contributed by atoms with van der Waals surface area (Å²) >= 11 is 0. The highest BCUT2D eigenvalue weighted by molar-refractivity contribution is 6.52. The average molecular weight is 966 g/mol. The molecule has 6 N–H and O–H groups in total. The zero-order valence-corrected chi connectivity index (χ0v) is 40.1. The number of carbonyl (C=O) groups excluding carboxylic acids is 1. The van der Waals surface area contributed by atoms with Crippen molar-refractivity contribution in [1.82, 2.24) is 0 Å². The van der Waals surface area contributed by atoms with Crippen LogP contribution < -0.4 is 35.9 Å². The molecule has 1 aliphatic heterocycles. The number of hydrogen-bond acceptors (Lipinski definition) is 9. The van der Waals surface area contributed by atoms with Gasteiger partial charge in [-0.15, -0.1) is 0 Å². The number of Topliss-reactive ketones (excluding diaryl/α,β-unsaturated/α-hetero) is 1. The molecule has 2 unspecified atom stereocenters. The van der Waals surface area contributed by atoms with Crippen LogP contribution in [0.5, 0.6) is 11.5 Å². The molecule has 362 valence electrons. The monoisotopic (exact) mass is 965 g/mol. The van der Waals surface area contributed by atoms with Gasteiger partial charge in [-0.05, 0) is 124 Å². The van der Waals surface area contributed by atoms with E-state index in [0.717, 1.165) is 77.4 Å². The van der Waals surface area contributed by atoms with Gasteiger partial charge in [0.2, 0.25) is 5.78 Å². The van der Waals surface area contributed by atoms with E-state index in [1.807, 2.05) is 103 Å². The molecule has 8 aromatic carbocycles. The van der Waals surface area contributed by atoms with E-state index in [9.17, 15) is 19.5 Å². The standard InChI is InChI=1S/C62H51N3O8/c1-35-40(27-23-36-13-11-19-50(54(35)36)63-61(2)46-17-5-3-15-41(46)43-29-25-38(33-48(43)61)72-31-9-7-21-52(66)67)56-59(70)57(60(56)71)45-28-24-37-14-12-20-51-55(37)58(45)65-62(64-51)47-18-6-4-16-42(47)44-30-26-39(34-49(44)62)73-32-10-8-22-53(68)69/h3-6,11-20,23-30,33-34,63-65,70H,1,7-10,21-22,31-32H2,2H3,(H,66,67)(H,68,69)/b56-40+. The summed E-state index contributed by atoms with van der Waals surface area (Å²) in [4.78, 5) is 37.1. The second kappa shape index (κ2) is 17.5. The lowest BCUT2D eigenvalue weighted by Crippen LogP contribution is -2.45. The van der Waals surface area contributed by atoms with Crippen LogP contribution in [-0.4, -0.2) is 46.3 Å². The number of allylic oxidation sites excluding steroid dienone is 2. The van der Waals surface area contributed by atoms with Crippen molar-refractivity contribution in [3.63, 3.8) is 0 Å². The molecule has 0 radical (unpaired) electrons. The third-order valence-corrected chi connectivity index (χ3v) is 15.1. The fourth-order valence-electron chi connectivity index (χ4n) is 11.7. The number of aliphatic hydroxyl groups excluding tert-OH is 1. The average Bonchev–Trinajstić information content (AvgIpc) is 3.80. The smallest absolute Gasteiger partial charge is 0.303 e. The van der Waals surface area contributed by atoms with Crippen LogP contribution in [0.25, 0.3) is 61.5 Å². The Balaban J connectivity index is 0.928. The Bertz CT molecular complexity index is 3840. The minimum absolute atomic E-state index is 0.0872. The summed E-state index contributed by atoms with van der Waals surface area (Å²) in [6, 6.07) is 48.5. The lowest BCUT2D eigenvalue weighted by Gasteiger charge is -2.41. The Morgan fingerprint density at radius 2 is 1.16 bits per heavy atom. The molecule has 73 heavy (non-hydrogen) atoms. The topological polar surface area (TPSA) is 166 Å². The molecule has 4 aliphatic rings. The Kier molecular flexibility index (Phi) is 10.9. The Hall–Kier alpha value is -8.83. The van der Waals surface area contributed by atoms with Crippen molar-refractivity contribution in [1.29, 1.82) is 0 Å². The summed E-state index contributed by atoms with van der Waals surface area (Å²) in [5, 5.41) is 47.0. The molecule has 0 saturated carbocycles. The van der Waals surface area contributed by atoms with Crippen molar-refractivity contribution in [3.8, 4) is 33.8 Å². The van der Waals surface area contributed by atoms with Gasteiger partial charge in [0.15, 0.2) is 5.66 Å². The van der Waals surface area contributed by atoms with Crippen molar-refractivity contribution in [2.75, 3.05) is 29.2 Å². The number of benzene rings is 8. The summed E-state index contributed by atoms with van der Waals surface area (Å²) in [5.41, 5.74) is 9.95. The SMILES string of the molecule is C=c1/c(=C2/C(=O)C(c3ccc4cccc5c4c3NC3(N5)c4ccccc4-c4ccc(OCCCCC(=O)O)cc43)=C2O)ccc2cccc(NC3(C)c4ccccc4-c4ccc(OCCCCC(=O)O)cc43)c12. The van der Waals surface area contributed by atoms with Gasteiger partial charge in [0, 0.05) is 51.7 Å². The van der Waals surface area contributed by atoms with Crippen LogP contribution >= 0.6 is 0 Å². The maximum absolute atomic E-state index is 14.9. The van der Waals surface area contributed by atoms with Crippen LogP contribution in [0.1, 0.15) is 73.3 Å². The van der Waals surface area contributed by atoms with Gasteiger partial charge in [-0.3, -0.25) is 14.4 Å². The molecule has 8 aromatic rings. The number of aliphatic hydroxyl groups is 1. The predicted octanol–water partition coefficient (Wildman–Crippen LogP) is 11.4. The van der Waals surface area contributed by atoms with E-state index in [4.69, 9.17) is 19.7 Å². The van der Waals surface area contributed by atoms with E-state index < -0.39 is 23.1 Å². The second-order valence-electron chi connectivity index (χ2n) is 19.5. The number of carbonyl (C=O) groups is 3. The zero-order valence-electron chi connectivity index (χ0n) is 40.1. The lowest BCUT2D eigenvalue weighted by atomic mass is 9.79. The van der Waals surface area contributed by atoms with Gasteiger partial charge in [-0.2, -0.15) is 0 Å². The molecule has 1 spiro atoms. The molecule has 1 heterocycles. The molecule has 3 aliphatic carbocycles. The number of fused-ring (bicyclic) bond motifs is 9. The quantitative estimate of drug-likeness (QED) is 0.0541. The fraction of sp³-hybridized carbons (Fsp3) is 0.177. The van der Waals surface area contributed by atoms with Crippen molar-refractivity contribution >= 4 is 74.1 Å². The first kappa shape index (κ1) is 45.3. The maximum atomic E-state index is 14.9. The highest BCUT2D eigenvalue weighted by atomic mass is 16.5. The van der Waals surface area contributed by atoms with Crippen LogP contribution in [0.2, 0.25) is 0 Å². The van der Waals surface area contributed by atoms with Gasteiger partial charge in [-0.25, -0.2) is 0 Å². The number of hydrogen-bond donors (Lipinski definition) is 6. The Morgan fingerprint density at radius 3 is 1.85 bits per heavy atom. The summed E-state index contributed by atoms with van der Waals surface area (Å²) in [6.45, 7) is 7.54. The molecule has 0 aromatic heterocycles. The van der Waals surface area contributed by atoms with Gasteiger partial charge in [0.05, 0.1) is 35.6 Å². The van der Waals surface area contributed by atoms with Crippen molar-refractivity contribution in [2.24, 2.45) is 0 Å². The van der Waals surface area contributed by atoms with Crippen LogP contribution in [0.3, 0.4) is 0 Å². The van der Waals surface area contributed by atoms with Gasteiger partial charge >= 0.3 is 11.9 Å². The van der Waals surface area contributed by atoms with E-state index >= 15 is 0 Å². The number of aliphatic carboxylic acids is 2.